The van der Waals surface area contributed by atoms with Crippen molar-refractivity contribution < 1.29 is 8.42 Å². The molecule has 5 heteroatoms. The Morgan fingerprint density at radius 2 is 1.90 bits per heavy atom. The molecule has 0 spiro atoms. The van der Waals surface area contributed by atoms with Crippen molar-refractivity contribution in [2.75, 3.05) is 6.54 Å². The van der Waals surface area contributed by atoms with Gasteiger partial charge in [0.1, 0.15) is 0 Å². The summed E-state index contributed by atoms with van der Waals surface area (Å²) >= 11 is 5.88. The maximum atomic E-state index is 12.9. The summed E-state index contributed by atoms with van der Waals surface area (Å²) in [6.07, 6.45) is 2.64. The summed E-state index contributed by atoms with van der Waals surface area (Å²) in [5.74, 6) is 0.206. The summed E-state index contributed by atoms with van der Waals surface area (Å²) in [5, 5.41) is 0. The quantitative estimate of drug-likeness (QED) is 0.679. The van der Waals surface area contributed by atoms with E-state index in [0.29, 0.717) is 17.0 Å². The lowest BCUT2D eigenvalue weighted by molar-refractivity contribution is 0.324. The number of benzene rings is 1. The average molecular weight is 318 g/mol. The van der Waals surface area contributed by atoms with Gasteiger partial charge in [-0.3, -0.25) is 0 Å². The molecule has 0 N–H and O–H groups in total. The van der Waals surface area contributed by atoms with Gasteiger partial charge in [0.2, 0.25) is 10.0 Å². The summed E-state index contributed by atoms with van der Waals surface area (Å²) in [7, 11) is -3.48. The van der Waals surface area contributed by atoms with Crippen LogP contribution in [0.5, 0.6) is 0 Å². The van der Waals surface area contributed by atoms with E-state index in [-0.39, 0.29) is 11.9 Å². The zero-order valence-corrected chi connectivity index (χ0v) is 14.0. The fraction of sp³-hybridized carbons (Fsp3) is 0.600. The highest BCUT2D eigenvalue weighted by molar-refractivity contribution is 7.89. The van der Waals surface area contributed by atoms with Gasteiger partial charge in [-0.25, -0.2) is 8.42 Å². The lowest BCUT2D eigenvalue weighted by Crippen LogP contribution is -2.39. The molecule has 0 bridgehead atoms. The second-order valence-electron chi connectivity index (χ2n) is 4.97. The van der Waals surface area contributed by atoms with Crippen LogP contribution in [0.4, 0.5) is 0 Å². The van der Waals surface area contributed by atoms with Crippen LogP contribution in [0.15, 0.2) is 29.2 Å². The molecule has 0 heterocycles. The molecule has 20 heavy (non-hydrogen) atoms. The van der Waals surface area contributed by atoms with E-state index < -0.39 is 10.0 Å². The lowest BCUT2D eigenvalue weighted by atomic mass is 10.2. The standard InChI is InChI=1S/C15H24ClNO2S/c1-4-6-11-17(13(3)5-2)20(18,19)15-10-8-7-9-14(15)12-16/h7-10,13H,4-6,11-12H2,1-3H3. The number of hydrogen-bond donors (Lipinski definition) is 0. The van der Waals surface area contributed by atoms with Gasteiger partial charge in [0, 0.05) is 18.5 Å². The van der Waals surface area contributed by atoms with Gasteiger partial charge in [0.15, 0.2) is 0 Å². The summed E-state index contributed by atoms with van der Waals surface area (Å²) in [5.41, 5.74) is 0.666. The molecule has 0 fully saturated rings. The van der Waals surface area contributed by atoms with Gasteiger partial charge in [-0.2, -0.15) is 4.31 Å². The molecule has 0 amide bonds. The van der Waals surface area contributed by atoms with Crippen LogP contribution in [0.3, 0.4) is 0 Å². The first kappa shape index (κ1) is 17.5. The van der Waals surface area contributed by atoms with Crippen LogP contribution in [0.2, 0.25) is 0 Å². The van der Waals surface area contributed by atoms with Crippen LogP contribution in [0.1, 0.15) is 45.6 Å². The van der Waals surface area contributed by atoms with Crippen molar-refractivity contribution in [3.8, 4) is 0 Å². The summed E-state index contributed by atoms with van der Waals surface area (Å²) in [6, 6.07) is 6.98. The number of sulfonamides is 1. The number of nitrogens with zero attached hydrogens (tertiary/aromatic N) is 1. The first-order valence-electron chi connectivity index (χ1n) is 7.14. The number of halogens is 1. The molecule has 0 aliphatic carbocycles. The van der Waals surface area contributed by atoms with Crippen LogP contribution in [0, 0.1) is 0 Å². The molecule has 0 radical (unpaired) electrons. The lowest BCUT2D eigenvalue weighted by Gasteiger charge is -2.28. The highest BCUT2D eigenvalue weighted by Gasteiger charge is 2.29. The van der Waals surface area contributed by atoms with Gasteiger partial charge in [-0.1, -0.05) is 38.5 Å². The maximum absolute atomic E-state index is 12.9. The first-order chi connectivity index (χ1) is 9.48. The third-order valence-electron chi connectivity index (χ3n) is 3.52. The number of alkyl halides is 1. The van der Waals surface area contributed by atoms with Gasteiger partial charge in [0.05, 0.1) is 4.90 Å². The molecule has 0 saturated heterocycles. The van der Waals surface area contributed by atoms with Crippen LogP contribution < -0.4 is 0 Å². The van der Waals surface area contributed by atoms with Crippen LogP contribution in [-0.2, 0) is 15.9 Å². The normalized spacial score (nSPS) is 13.7. The highest BCUT2D eigenvalue weighted by Crippen LogP contribution is 2.24. The largest absolute Gasteiger partial charge is 0.243 e. The first-order valence-corrected chi connectivity index (χ1v) is 9.12. The Hall–Kier alpha value is -0.580. The Bertz CT molecular complexity index is 516. The number of unbranched alkanes of at least 4 members (excludes halogenated alkanes) is 1. The van der Waals surface area contributed by atoms with Gasteiger partial charge in [-0.15, -0.1) is 11.6 Å². The van der Waals surface area contributed by atoms with Crippen LogP contribution >= 0.6 is 11.6 Å². The van der Waals surface area contributed by atoms with Crippen LogP contribution in [-0.4, -0.2) is 25.3 Å². The van der Waals surface area contributed by atoms with Crippen molar-refractivity contribution in [2.45, 2.75) is 56.9 Å². The van der Waals surface area contributed by atoms with E-state index in [9.17, 15) is 8.42 Å². The van der Waals surface area contributed by atoms with Crippen molar-refractivity contribution in [3.63, 3.8) is 0 Å². The van der Waals surface area contributed by atoms with E-state index in [1.807, 2.05) is 19.9 Å². The smallest absolute Gasteiger partial charge is 0.207 e. The topological polar surface area (TPSA) is 37.4 Å². The van der Waals surface area contributed by atoms with E-state index in [0.717, 1.165) is 19.3 Å². The molecule has 1 aromatic rings. The molecule has 1 rings (SSSR count). The SMILES string of the molecule is CCCCN(C(C)CC)S(=O)(=O)c1ccccc1CCl. The third kappa shape index (κ3) is 3.96. The van der Waals surface area contributed by atoms with Gasteiger partial charge >= 0.3 is 0 Å². The maximum Gasteiger partial charge on any atom is 0.243 e. The second-order valence-corrected chi connectivity index (χ2v) is 7.09. The van der Waals surface area contributed by atoms with E-state index in [1.54, 1.807) is 22.5 Å². The zero-order valence-electron chi connectivity index (χ0n) is 12.5. The Morgan fingerprint density at radius 3 is 2.45 bits per heavy atom. The van der Waals surface area contributed by atoms with Crippen molar-refractivity contribution in [1.29, 1.82) is 0 Å². The van der Waals surface area contributed by atoms with E-state index in [1.165, 1.54) is 0 Å². The second kappa shape index (κ2) is 8.01. The fourth-order valence-corrected chi connectivity index (χ4v) is 4.37. The molecule has 1 atom stereocenters. The molecule has 1 unspecified atom stereocenters. The van der Waals surface area contributed by atoms with Crippen molar-refractivity contribution >= 4 is 21.6 Å². The van der Waals surface area contributed by atoms with E-state index in [2.05, 4.69) is 6.92 Å². The molecule has 0 aliphatic rings. The van der Waals surface area contributed by atoms with Crippen molar-refractivity contribution in [2.24, 2.45) is 0 Å². The Kier molecular flexibility index (Phi) is 7.00. The summed E-state index contributed by atoms with van der Waals surface area (Å²) in [4.78, 5) is 0.339. The minimum absolute atomic E-state index is 0.00469. The van der Waals surface area contributed by atoms with Crippen molar-refractivity contribution in [1.82, 2.24) is 4.31 Å². The third-order valence-corrected chi connectivity index (χ3v) is 5.92. The molecular weight excluding hydrogens is 294 g/mol. The van der Waals surface area contributed by atoms with Crippen molar-refractivity contribution in [3.05, 3.63) is 29.8 Å². The minimum Gasteiger partial charge on any atom is -0.207 e. The monoisotopic (exact) mass is 317 g/mol. The summed E-state index contributed by atoms with van der Waals surface area (Å²) in [6.45, 7) is 6.59. The number of rotatable bonds is 8. The number of hydrogen-bond acceptors (Lipinski definition) is 2. The van der Waals surface area contributed by atoms with Crippen LogP contribution in [0.25, 0.3) is 0 Å². The average Bonchev–Trinajstić information content (AvgIpc) is 2.46. The highest BCUT2D eigenvalue weighted by atomic mass is 35.5. The molecular formula is C15H24ClNO2S. The summed E-state index contributed by atoms with van der Waals surface area (Å²) < 4.78 is 27.4. The van der Waals surface area contributed by atoms with Gasteiger partial charge in [-0.05, 0) is 31.4 Å². The Balaban J connectivity index is 3.21. The molecule has 0 aliphatic heterocycles. The Labute approximate surface area is 128 Å². The minimum atomic E-state index is -3.48. The molecule has 114 valence electrons. The Morgan fingerprint density at radius 1 is 1.25 bits per heavy atom. The van der Waals surface area contributed by atoms with Gasteiger partial charge in [0.25, 0.3) is 0 Å². The molecule has 3 nitrogen and oxygen atoms in total. The molecule has 1 aromatic carbocycles. The molecule has 0 aromatic heterocycles. The predicted octanol–water partition coefficient (Wildman–Crippen LogP) is 4.01. The predicted molar refractivity (Wildman–Crippen MR) is 84.6 cm³/mol. The zero-order chi connectivity index (χ0) is 15.2. The van der Waals surface area contributed by atoms with E-state index in [4.69, 9.17) is 11.6 Å². The molecule has 0 saturated carbocycles. The van der Waals surface area contributed by atoms with E-state index >= 15 is 0 Å². The fourth-order valence-electron chi connectivity index (χ4n) is 2.09. The van der Waals surface area contributed by atoms with Gasteiger partial charge < -0.3 is 0 Å².